The number of imidazole rings is 1. The summed E-state index contributed by atoms with van der Waals surface area (Å²) in [4.78, 5) is 4.38. The maximum Gasteiger partial charge on any atom is 0.201 e. The van der Waals surface area contributed by atoms with Gasteiger partial charge >= 0.3 is 0 Å². The number of nitrogen functional groups attached to an aromatic ring is 1. The lowest BCUT2D eigenvalue weighted by atomic mass is 10.1. The summed E-state index contributed by atoms with van der Waals surface area (Å²) in [5.74, 6) is 0.529. The Labute approximate surface area is 130 Å². The number of fused-ring (bicyclic) bond motifs is 1. The maximum absolute atomic E-state index is 6.11. The van der Waals surface area contributed by atoms with E-state index >= 15 is 0 Å². The first kappa shape index (κ1) is 15.5. The third-order valence-corrected chi connectivity index (χ3v) is 4.40. The number of anilines is 1. The Kier molecular flexibility index (Phi) is 5.17. The van der Waals surface area contributed by atoms with Crippen LogP contribution in [0.1, 0.15) is 52.0 Å². The molecule has 3 nitrogen and oxygen atoms in total. The Bertz CT molecular complexity index is 592. The highest BCUT2D eigenvalue weighted by molar-refractivity contribution is 6.42. The molecule has 0 aliphatic carbocycles. The van der Waals surface area contributed by atoms with E-state index in [-0.39, 0.29) is 0 Å². The van der Waals surface area contributed by atoms with Gasteiger partial charge in [0.05, 0.1) is 21.1 Å². The maximum atomic E-state index is 6.11. The van der Waals surface area contributed by atoms with Gasteiger partial charge < -0.3 is 10.3 Å². The molecule has 1 aromatic carbocycles. The van der Waals surface area contributed by atoms with Gasteiger partial charge in [0.15, 0.2) is 0 Å². The average Bonchev–Trinajstić information content (AvgIpc) is 2.70. The van der Waals surface area contributed by atoms with Crippen LogP contribution in [0.15, 0.2) is 12.1 Å². The topological polar surface area (TPSA) is 43.8 Å². The summed E-state index contributed by atoms with van der Waals surface area (Å²) in [5, 5.41) is 1.05. The molecule has 0 bridgehead atoms. The first-order valence-electron chi connectivity index (χ1n) is 7.17. The van der Waals surface area contributed by atoms with Crippen LogP contribution in [0.4, 0.5) is 5.95 Å². The second kappa shape index (κ2) is 6.68. The van der Waals surface area contributed by atoms with Crippen molar-refractivity contribution >= 4 is 40.2 Å². The molecule has 20 heavy (non-hydrogen) atoms. The fraction of sp³-hybridized carbons (Fsp3) is 0.533. The van der Waals surface area contributed by atoms with Crippen LogP contribution >= 0.6 is 23.2 Å². The van der Waals surface area contributed by atoms with Gasteiger partial charge in [0.1, 0.15) is 0 Å². The molecule has 2 rings (SSSR count). The van der Waals surface area contributed by atoms with Crippen molar-refractivity contribution in [1.29, 1.82) is 0 Å². The minimum atomic E-state index is 0.314. The normalized spacial score (nSPS) is 13.0. The van der Waals surface area contributed by atoms with Gasteiger partial charge in [0.2, 0.25) is 5.95 Å². The van der Waals surface area contributed by atoms with E-state index in [1.807, 2.05) is 6.07 Å². The second-order valence-corrected chi connectivity index (χ2v) is 6.11. The molecule has 0 saturated heterocycles. The molecule has 0 saturated carbocycles. The summed E-state index contributed by atoms with van der Waals surface area (Å²) in [6, 6.07) is 3.94. The molecule has 110 valence electrons. The van der Waals surface area contributed by atoms with Crippen molar-refractivity contribution in [2.24, 2.45) is 0 Å². The SMILES string of the molecule is CCCCCCC(C)n1c(N)nc2cc(Cl)c(Cl)cc21. The Hall–Kier alpha value is -0.930. The largest absolute Gasteiger partial charge is 0.369 e. The molecule has 0 aliphatic rings. The molecule has 5 heteroatoms. The summed E-state index contributed by atoms with van der Waals surface area (Å²) >= 11 is 12.1. The van der Waals surface area contributed by atoms with Crippen LogP contribution in [-0.2, 0) is 0 Å². The third kappa shape index (κ3) is 3.21. The molecular weight excluding hydrogens is 293 g/mol. The van der Waals surface area contributed by atoms with Crippen molar-refractivity contribution in [3.63, 3.8) is 0 Å². The van der Waals surface area contributed by atoms with Crippen LogP contribution in [0.5, 0.6) is 0 Å². The van der Waals surface area contributed by atoms with Crippen LogP contribution < -0.4 is 5.73 Å². The number of benzene rings is 1. The minimum absolute atomic E-state index is 0.314. The van der Waals surface area contributed by atoms with Gasteiger partial charge in [-0.2, -0.15) is 0 Å². The van der Waals surface area contributed by atoms with Gasteiger partial charge in [-0.25, -0.2) is 4.98 Å². The highest BCUT2D eigenvalue weighted by atomic mass is 35.5. The van der Waals surface area contributed by atoms with Gasteiger partial charge in [-0.3, -0.25) is 0 Å². The Morgan fingerprint density at radius 1 is 1.20 bits per heavy atom. The van der Waals surface area contributed by atoms with Crippen molar-refractivity contribution in [2.75, 3.05) is 5.73 Å². The van der Waals surface area contributed by atoms with Gasteiger partial charge in [-0.05, 0) is 25.5 Å². The van der Waals surface area contributed by atoms with Crippen LogP contribution in [0.25, 0.3) is 11.0 Å². The number of halogens is 2. The number of hydrogen-bond donors (Lipinski definition) is 1. The number of rotatable bonds is 6. The van der Waals surface area contributed by atoms with Crippen molar-refractivity contribution in [2.45, 2.75) is 52.0 Å². The molecule has 2 aromatic rings. The quantitative estimate of drug-likeness (QED) is 0.720. The monoisotopic (exact) mass is 313 g/mol. The van der Waals surface area contributed by atoms with Crippen molar-refractivity contribution < 1.29 is 0 Å². The smallest absolute Gasteiger partial charge is 0.201 e. The molecular formula is C15H21Cl2N3. The van der Waals surface area contributed by atoms with E-state index in [1.165, 1.54) is 25.7 Å². The Morgan fingerprint density at radius 2 is 1.90 bits per heavy atom. The summed E-state index contributed by atoms with van der Waals surface area (Å²) in [6.07, 6.45) is 6.10. The summed E-state index contributed by atoms with van der Waals surface area (Å²) in [5.41, 5.74) is 7.81. The zero-order valence-electron chi connectivity index (χ0n) is 12.0. The van der Waals surface area contributed by atoms with Gasteiger partial charge in [-0.15, -0.1) is 0 Å². The summed E-state index contributed by atoms with van der Waals surface area (Å²) in [6.45, 7) is 4.39. The van der Waals surface area contributed by atoms with E-state index in [0.717, 1.165) is 17.5 Å². The van der Waals surface area contributed by atoms with E-state index in [0.29, 0.717) is 22.0 Å². The zero-order valence-corrected chi connectivity index (χ0v) is 13.5. The molecule has 2 N–H and O–H groups in total. The van der Waals surface area contributed by atoms with Crippen molar-refractivity contribution in [3.8, 4) is 0 Å². The van der Waals surface area contributed by atoms with Crippen LogP contribution in [-0.4, -0.2) is 9.55 Å². The van der Waals surface area contributed by atoms with Crippen LogP contribution in [0.3, 0.4) is 0 Å². The highest BCUT2D eigenvalue weighted by Gasteiger charge is 2.15. The molecule has 1 atom stereocenters. The molecule has 0 fully saturated rings. The first-order chi connectivity index (χ1) is 9.54. The van der Waals surface area contributed by atoms with Gasteiger partial charge in [-0.1, -0.05) is 55.8 Å². The predicted molar refractivity (Wildman–Crippen MR) is 87.6 cm³/mol. The van der Waals surface area contributed by atoms with E-state index in [4.69, 9.17) is 28.9 Å². The van der Waals surface area contributed by atoms with Gasteiger partial charge in [0, 0.05) is 6.04 Å². The van der Waals surface area contributed by atoms with E-state index in [9.17, 15) is 0 Å². The zero-order chi connectivity index (χ0) is 14.7. The Balaban J connectivity index is 2.24. The highest BCUT2D eigenvalue weighted by Crippen LogP contribution is 2.32. The second-order valence-electron chi connectivity index (χ2n) is 5.29. The summed E-state index contributed by atoms with van der Waals surface area (Å²) < 4.78 is 2.06. The average molecular weight is 314 g/mol. The Morgan fingerprint density at radius 3 is 2.60 bits per heavy atom. The summed E-state index contributed by atoms with van der Waals surface area (Å²) in [7, 11) is 0. The molecule has 0 aliphatic heterocycles. The van der Waals surface area contributed by atoms with Gasteiger partial charge in [0.25, 0.3) is 0 Å². The molecule has 0 radical (unpaired) electrons. The molecule has 1 unspecified atom stereocenters. The van der Waals surface area contributed by atoms with Crippen molar-refractivity contribution in [1.82, 2.24) is 9.55 Å². The lowest BCUT2D eigenvalue weighted by Crippen LogP contribution is -2.08. The predicted octanol–water partition coefficient (Wildman–Crippen LogP) is 5.46. The van der Waals surface area contributed by atoms with E-state index in [2.05, 4.69) is 23.4 Å². The van der Waals surface area contributed by atoms with E-state index < -0.39 is 0 Å². The number of unbranched alkanes of at least 4 members (excludes halogenated alkanes) is 3. The lowest BCUT2D eigenvalue weighted by molar-refractivity contribution is 0.486. The number of aromatic nitrogens is 2. The number of nitrogens with zero attached hydrogens (tertiary/aromatic N) is 2. The van der Waals surface area contributed by atoms with Crippen molar-refractivity contribution in [3.05, 3.63) is 22.2 Å². The third-order valence-electron chi connectivity index (χ3n) is 3.68. The lowest BCUT2D eigenvalue weighted by Gasteiger charge is -2.16. The standard InChI is InChI=1S/C15H21Cl2N3/c1-3-4-5-6-7-10(2)20-14-9-12(17)11(16)8-13(14)19-15(20)18/h8-10H,3-7H2,1-2H3,(H2,18,19). The fourth-order valence-electron chi connectivity index (χ4n) is 2.57. The number of nitrogens with two attached hydrogens (primary N) is 1. The minimum Gasteiger partial charge on any atom is -0.369 e. The molecule has 1 heterocycles. The molecule has 0 spiro atoms. The molecule has 0 amide bonds. The van der Waals surface area contributed by atoms with Crippen LogP contribution in [0.2, 0.25) is 10.0 Å². The number of hydrogen-bond acceptors (Lipinski definition) is 2. The first-order valence-corrected chi connectivity index (χ1v) is 7.92. The molecule has 1 aromatic heterocycles. The van der Waals surface area contributed by atoms with E-state index in [1.54, 1.807) is 6.07 Å². The fourth-order valence-corrected chi connectivity index (χ4v) is 2.88. The van der Waals surface area contributed by atoms with Crippen LogP contribution in [0, 0.1) is 0 Å².